The van der Waals surface area contributed by atoms with Crippen LogP contribution >= 0.6 is 29.3 Å². The lowest BCUT2D eigenvalue weighted by molar-refractivity contribution is 0.0737. The predicted octanol–water partition coefficient (Wildman–Crippen LogP) is 2.89. The van der Waals surface area contributed by atoms with Gasteiger partial charge in [0, 0.05) is 6.61 Å². The molecule has 0 N–H and O–H groups in total. The minimum atomic E-state index is -1.25. The number of ether oxygens (including phenoxy) is 1. The average molecular weight is 203 g/mol. The van der Waals surface area contributed by atoms with E-state index < -0.39 is 6.85 Å². The Bertz CT molecular complexity index is 95.6. The predicted molar refractivity (Wildman–Crippen MR) is 43.6 cm³/mol. The Morgan fingerprint density at radius 2 is 2.40 bits per heavy atom. The van der Waals surface area contributed by atoms with E-state index in [1.54, 1.807) is 0 Å². The fourth-order valence-corrected chi connectivity index (χ4v) is 1.53. The first-order chi connectivity index (χ1) is 4.79. The monoisotopic (exact) mass is 202 g/mol. The van der Waals surface area contributed by atoms with E-state index >= 15 is 0 Å². The molecule has 0 bridgehead atoms. The topological polar surface area (TPSA) is 18.5 Å². The summed E-state index contributed by atoms with van der Waals surface area (Å²) in [5.74, 6) is 0. The lowest BCUT2D eigenvalue weighted by Gasteiger charge is -2.08. The van der Waals surface area contributed by atoms with Gasteiger partial charge in [-0.1, -0.05) is 0 Å². The van der Waals surface area contributed by atoms with Crippen molar-refractivity contribution in [1.29, 1.82) is 0 Å². The van der Waals surface area contributed by atoms with Crippen molar-refractivity contribution >= 4 is 29.3 Å². The van der Waals surface area contributed by atoms with Crippen molar-refractivity contribution in [3.05, 3.63) is 0 Å². The van der Waals surface area contributed by atoms with Crippen molar-refractivity contribution in [2.45, 2.75) is 18.9 Å². The Labute approximate surface area is 71.2 Å². The maximum atomic E-state index is 5.41. The molecule has 0 aliphatic carbocycles. The van der Waals surface area contributed by atoms with Crippen LogP contribution in [0.5, 0.6) is 0 Å². The van der Waals surface area contributed by atoms with Crippen LogP contribution in [0.3, 0.4) is 0 Å². The van der Waals surface area contributed by atoms with E-state index in [0.717, 1.165) is 19.4 Å². The van der Waals surface area contributed by atoms with Crippen LogP contribution in [-0.4, -0.2) is 19.3 Å². The molecule has 0 aromatic heterocycles. The zero-order valence-electron chi connectivity index (χ0n) is 5.43. The molecule has 5 heteroatoms. The van der Waals surface area contributed by atoms with Crippen molar-refractivity contribution < 1.29 is 9.26 Å². The second-order valence-electron chi connectivity index (χ2n) is 2.13. The molecule has 0 aromatic rings. The third-order valence-corrected chi connectivity index (χ3v) is 2.31. The molecule has 1 fully saturated rings. The Morgan fingerprint density at radius 1 is 1.60 bits per heavy atom. The fraction of sp³-hybridized carbons (Fsp3) is 1.00. The summed E-state index contributed by atoms with van der Waals surface area (Å²) in [4.78, 5) is 0. The summed E-state index contributed by atoms with van der Waals surface area (Å²) >= 11 is 10.8. The highest BCUT2D eigenvalue weighted by Gasteiger charge is 2.16. The zero-order chi connectivity index (χ0) is 7.40. The Morgan fingerprint density at radius 3 is 2.90 bits per heavy atom. The van der Waals surface area contributed by atoms with Gasteiger partial charge in [-0.25, -0.2) is 0 Å². The molecule has 1 heterocycles. The van der Waals surface area contributed by atoms with E-state index in [1.165, 1.54) is 0 Å². The number of hydrogen-bond acceptors (Lipinski definition) is 2. The summed E-state index contributed by atoms with van der Waals surface area (Å²) < 4.78 is 10.3. The summed E-state index contributed by atoms with van der Waals surface area (Å²) in [6.07, 6.45) is 2.41. The molecule has 1 unspecified atom stereocenters. The van der Waals surface area contributed by atoms with Crippen molar-refractivity contribution in [3.8, 4) is 0 Å². The highest BCUT2D eigenvalue weighted by atomic mass is 35.9. The Kier molecular flexibility index (Phi) is 4.27. The molecule has 2 nitrogen and oxygen atoms in total. The van der Waals surface area contributed by atoms with E-state index in [1.807, 2.05) is 0 Å². The van der Waals surface area contributed by atoms with E-state index in [2.05, 4.69) is 0 Å². The first kappa shape index (κ1) is 9.02. The van der Waals surface area contributed by atoms with E-state index in [4.69, 9.17) is 31.7 Å². The minimum Gasteiger partial charge on any atom is -0.376 e. The molecular formula is C5H9Cl2O2P. The fourth-order valence-electron chi connectivity index (χ4n) is 0.915. The van der Waals surface area contributed by atoms with E-state index in [-0.39, 0.29) is 6.10 Å². The quantitative estimate of drug-likeness (QED) is 0.656. The average Bonchev–Trinajstić information content (AvgIpc) is 2.34. The molecule has 1 rings (SSSR count). The summed E-state index contributed by atoms with van der Waals surface area (Å²) in [7, 11) is 0. The number of rotatable bonds is 3. The van der Waals surface area contributed by atoms with Crippen LogP contribution in [-0.2, 0) is 9.26 Å². The molecule has 10 heavy (non-hydrogen) atoms. The summed E-state index contributed by atoms with van der Waals surface area (Å²) in [5, 5.41) is 0. The van der Waals surface area contributed by atoms with Gasteiger partial charge in [-0.3, -0.25) is 0 Å². The van der Waals surface area contributed by atoms with Gasteiger partial charge in [-0.15, -0.1) is 0 Å². The van der Waals surface area contributed by atoms with E-state index in [0.29, 0.717) is 6.61 Å². The van der Waals surface area contributed by atoms with E-state index in [9.17, 15) is 0 Å². The lowest BCUT2D eigenvalue weighted by atomic mass is 10.2. The molecule has 60 valence electrons. The van der Waals surface area contributed by atoms with Crippen molar-refractivity contribution in [1.82, 2.24) is 0 Å². The maximum Gasteiger partial charge on any atom is 0.225 e. The van der Waals surface area contributed by atoms with Gasteiger partial charge < -0.3 is 9.26 Å². The highest BCUT2D eigenvalue weighted by molar-refractivity contribution is 8.00. The standard InChI is InChI=1S/C5H9Cl2O2P/c6-10(7)9-4-5-2-1-3-8-5/h5H,1-4H2. The number of hydrogen-bond donors (Lipinski definition) is 0. The van der Waals surface area contributed by atoms with Crippen LogP contribution in [0, 0.1) is 0 Å². The second kappa shape index (κ2) is 4.74. The van der Waals surface area contributed by atoms with Crippen LogP contribution in [0.1, 0.15) is 12.8 Å². The molecule has 1 saturated heterocycles. The van der Waals surface area contributed by atoms with Gasteiger partial charge in [0.15, 0.2) is 0 Å². The van der Waals surface area contributed by atoms with Gasteiger partial charge in [0.25, 0.3) is 0 Å². The molecule has 1 atom stereocenters. The Hall–Kier alpha value is 0.930. The lowest BCUT2D eigenvalue weighted by Crippen LogP contribution is -2.10. The summed E-state index contributed by atoms with van der Waals surface area (Å²) in [6.45, 7) is 0.132. The molecule has 0 spiro atoms. The van der Waals surface area contributed by atoms with Crippen LogP contribution in [0.4, 0.5) is 0 Å². The molecular weight excluding hydrogens is 194 g/mol. The first-order valence-corrected chi connectivity index (χ1v) is 6.22. The van der Waals surface area contributed by atoms with Crippen molar-refractivity contribution in [2.75, 3.05) is 13.2 Å². The minimum absolute atomic E-state index is 0.225. The highest BCUT2D eigenvalue weighted by Crippen LogP contribution is 2.47. The maximum absolute atomic E-state index is 5.41. The van der Waals surface area contributed by atoms with Crippen molar-refractivity contribution in [3.63, 3.8) is 0 Å². The molecule has 0 aromatic carbocycles. The van der Waals surface area contributed by atoms with Gasteiger partial charge in [0.05, 0.1) is 12.7 Å². The molecule has 0 saturated carbocycles. The summed E-state index contributed by atoms with van der Waals surface area (Å²) in [5.41, 5.74) is 0. The van der Waals surface area contributed by atoms with Crippen molar-refractivity contribution in [2.24, 2.45) is 0 Å². The van der Waals surface area contributed by atoms with Crippen LogP contribution in [0.15, 0.2) is 0 Å². The normalized spacial score (nSPS) is 26.1. The first-order valence-electron chi connectivity index (χ1n) is 3.15. The third kappa shape index (κ3) is 3.36. The van der Waals surface area contributed by atoms with Gasteiger partial charge in [-0.05, 0) is 35.3 Å². The van der Waals surface area contributed by atoms with Gasteiger partial charge in [-0.2, -0.15) is 0 Å². The van der Waals surface area contributed by atoms with Gasteiger partial charge in [0.1, 0.15) is 0 Å². The molecule has 0 radical (unpaired) electrons. The molecule has 1 aliphatic rings. The van der Waals surface area contributed by atoms with Gasteiger partial charge in [0.2, 0.25) is 6.85 Å². The summed E-state index contributed by atoms with van der Waals surface area (Å²) in [6, 6.07) is 0. The SMILES string of the molecule is ClP(Cl)OCC1CCCO1. The van der Waals surface area contributed by atoms with Gasteiger partial charge >= 0.3 is 0 Å². The number of halogens is 2. The molecule has 0 amide bonds. The van der Waals surface area contributed by atoms with Crippen LogP contribution in [0.2, 0.25) is 0 Å². The van der Waals surface area contributed by atoms with Crippen LogP contribution in [0.25, 0.3) is 0 Å². The third-order valence-electron chi connectivity index (χ3n) is 1.38. The largest absolute Gasteiger partial charge is 0.376 e. The smallest absolute Gasteiger partial charge is 0.225 e. The second-order valence-corrected chi connectivity index (χ2v) is 5.16. The Balaban J connectivity index is 2.01. The molecule has 1 aliphatic heterocycles. The van der Waals surface area contributed by atoms with Crippen LogP contribution < -0.4 is 0 Å². The zero-order valence-corrected chi connectivity index (χ0v) is 7.83.